The van der Waals surface area contributed by atoms with E-state index >= 15 is 0 Å². The SMILES string of the molecule is CSc1ccc(C(CC(=O)O)NC(=O)Cc2ccc(Cl)s2)cc1. The first kappa shape index (κ1) is 17.8. The summed E-state index contributed by atoms with van der Waals surface area (Å²) in [7, 11) is 0. The van der Waals surface area contributed by atoms with E-state index in [2.05, 4.69) is 5.32 Å². The van der Waals surface area contributed by atoms with E-state index in [0.29, 0.717) is 4.34 Å². The van der Waals surface area contributed by atoms with Crippen molar-refractivity contribution < 1.29 is 14.7 Å². The van der Waals surface area contributed by atoms with Crippen LogP contribution in [-0.2, 0) is 16.0 Å². The number of benzene rings is 1. The van der Waals surface area contributed by atoms with E-state index in [0.717, 1.165) is 15.3 Å². The third-order valence-corrected chi connectivity index (χ3v) is 5.17. The van der Waals surface area contributed by atoms with Gasteiger partial charge in [0.15, 0.2) is 0 Å². The summed E-state index contributed by atoms with van der Waals surface area (Å²) in [6, 6.07) is 10.5. The van der Waals surface area contributed by atoms with Crippen LogP contribution in [0.15, 0.2) is 41.3 Å². The minimum atomic E-state index is -0.955. The Kier molecular flexibility index (Phi) is 6.50. The summed E-state index contributed by atoms with van der Waals surface area (Å²) in [4.78, 5) is 25.2. The molecule has 0 aliphatic rings. The Morgan fingerprint density at radius 3 is 2.48 bits per heavy atom. The highest BCUT2D eigenvalue weighted by Gasteiger charge is 2.18. The van der Waals surface area contributed by atoms with E-state index in [1.54, 1.807) is 23.9 Å². The van der Waals surface area contributed by atoms with E-state index in [-0.39, 0.29) is 18.7 Å². The maximum Gasteiger partial charge on any atom is 0.305 e. The van der Waals surface area contributed by atoms with Crippen LogP contribution >= 0.6 is 34.7 Å². The standard InChI is InChI=1S/C16H16ClNO3S2/c1-22-11-4-2-10(3-5-11)13(9-16(20)21)18-15(19)8-12-6-7-14(17)23-12/h2-7,13H,8-9H2,1H3,(H,18,19)(H,20,21). The predicted molar refractivity (Wildman–Crippen MR) is 94.4 cm³/mol. The number of rotatable bonds is 7. The molecule has 0 aliphatic heterocycles. The lowest BCUT2D eigenvalue weighted by Gasteiger charge is -2.17. The maximum absolute atomic E-state index is 12.2. The molecule has 2 N–H and O–H groups in total. The van der Waals surface area contributed by atoms with Crippen molar-refractivity contribution in [2.45, 2.75) is 23.8 Å². The highest BCUT2D eigenvalue weighted by molar-refractivity contribution is 7.98. The van der Waals surface area contributed by atoms with Crippen LogP contribution in [0.25, 0.3) is 0 Å². The van der Waals surface area contributed by atoms with Crippen LogP contribution in [0.4, 0.5) is 0 Å². The van der Waals surface area contributed by atoms with Gasteiger partial charge in [-0.15, -0.1) is 23.1 Å². The van der Waals surface area contributed by atoms with Crippen molar-refractivity contribution in [2.24, 2.45) is 0 Å². The monoisotopic (exact) mass is 369 g/mol. The number of amides is 1. The molecule has 0 saturated heterocycles. The molecule has 7 heteroatoms. The molecule has 1 atom stereocenters. The normalized spacial score (nSPS) is 11.9. The van der Waals surface area contributed by atoms with Crippen LogP contribution < -0.4 is 5.32 Å². The lowest BCUT2D eigenvalue weighted by molar-refractivity contribution is -0.137. The second-order valence-electron chi connectivity index (χ2n) is 4.87. The van der Waals surface area contributed by atoms with Crippen molar-refractivity contribution in [1.29, 1.82) is 0 Å². The average molecular weight is 370 g/mol. The fourth-order valence-electron chi connectivity index (χ4n) is 2.11. The lowest BCUT2D eigenvalue weighted by atomic mass is 10.0. The molecule has 23 heavy (non-hydrogen) atoms. The third kappa shape index (κ3) is 5.57. The lowest BCUT2D eigenvalue weighted by Crippen LogP contribution is -2.31. The molecule has 1 amide bonds. The van der Waals surface area contributed by atoms with E-state index in [1.807, 2.05) is 30.5 Å². The molecule has 4 nitrogen and oxygen atoms in total. The van der Waals surface area contributed by atoms with Gasteiger partial charge in [-0.25, -0.2) is 0 Å². The zero-order valence-electron chi connectivity index (χ0n) is 12.4. The number of aliphatic carboxylic acids is 1. The first-order valence-corrected chi connectivity index (χ1v) is 9.29. The third-order valence-electron chi connectivity index (χ3n) is 3.20. The summed E-state index contributed by atoms with van der Waals surface area (Å²) in [5.74, 6) is -1.17. The topological polar surface area (TPSA) is 66.4 Å². The van der Waals surface area contributed by atoms with Crippen LogP contribution in [0, 0.1) is 0 Å². The first-order chi connectivity index (χ1) is 11.0. The highest BCUT2D eigenvalue weighted by atomic mass is 35.5. The van der Waals surface area contributed by atoms with Gasteiger partial charge >= 0.3 is 5.97 Å². The number of carbonyl (C=O) groups is 2. The Balaban J connectivity index is 2.07. The molecule has 1 aromatic heterocycles. The fourth-order valence-corrected chi connectivity index (χ4v) is 3.61. The summed E-state index contributed by atoms with van der Waals surface area (Å²) < 4.78 is 0.627. The van der Waals surface area contributed by atoms with Crippen LogP contribution in [-0.4, -0.2) is 23.2 Å². The molecule has 0 bridgehead atoms. The maximum atomic E-state index is 12.2. The van der Waals surface area contributed by atoms with Gasteiger partial charge in [-0.05, 0) is 36.1 Å². The van der Waals surface area contributed by atoms with Gasteiger partial charge in [0.2, 0.25) is 5.91 Å². The molecule has 0 spiro atoms. The molecule has 0 aliphatic carbocycles. The summed E-state index contributed by atoms with van der Waals surface area (Å²) in [5, 5.41) is 11.9. The molecular weight excluding hydrogens is 354 g/mol. The zero-order valence-corrected chi connectivity index (χ0v) is 14.8. The van der Waals surface area contributed by atoms with Gasteiger partial charge in [0.05, 0.1) is 23.2 Å². The number of carboxylic acids is 1. The summed E-state index contributed by atoms with van der Waals surface area (Å²) in [6.07, 6.45) is 2.00. The van der Waals surface area contributed by atoms with Gasteiger partial charge in [-0.2, -0.15) is 0 Å². The molecule has 122 valence electrons. The Labute approximate surface area is 147 Å². The zero-order chi connectivity index (χ0) is 16.8. The molecule has 1 unspecified atom stereocenters. The first-order valence-electron chi connectivity index (χ1n) is 6.87. The van der Waals surface area contributed by atoms with Crippen molar-refractivity contribution in [3.8, 4) is 0 Å². The van der Waals surface area contributed by atoms with E-state index in [9.17, 15) is 9.59 Å². The number of thiophene rings is 1. The molecule has 0 saturated carbocycles. The van der Waals surface area contributed by atoms with Crippen molar-refractivity contribution in [3.63, 3.8) is 0 Å². The molecule has 2 aromatic rings. The second kappa shape index (κ2) is 8.38. The Morgan fingerprint density at radius 1 is 1.26 bits per heavy atom. The highest BCUT2D eigenvalue weighted by Crippen LogP contribution is 2.24. The largest absolute Gasteiger partial charge is 0.481 e. The van der Waals surface area contributed by atoms with Crippen LogP contribution in [0.1, 0.15) is 22.9 Å². The number of carbonyl (C=O) groups excluding carboxylic acids is 1. The summed E-state index contributed by atoms with van der Waals surface area (Å²) in [6.45, 7) is 0. The van der Waals surface area contributed by atoms with Crippen molar-refractivity contribution in [2.75, 3.05) is 6.26 Å². The van der Waals surface area contributed by atoms with Gasteiger partial charge in [-0.3, -0.25) is 9.59 Å². The van der Waals surface area contributed by atoms with Gasteiger partial charge in [0.1, 0.15) is 0 Å². The molecular formula is C16H16ClNO3S2. The smallest absolute Gasteiger partial charge is 0.305 e. The van der Waals surface area contributed by atoms with Gasteiger partial charge in [0.25, 0.3) is 0 Å². The van der Waals surface area contributed by atoms with Crippen molar-refractivity contribution in [1.82, 2.24) is 5.32 Å². The van der Waals surface area contributed by atoms with Crippen LogP contribution in [0.5, 0.6) is 0 Å². The number of carboxylic acid groups (broad SMARTS) is 1. The number of hydrogen-bond acceptors (Lipinski definition) is 4. The minimum absolute atomic E-state index is 0.157. The predicted octanol–water partition coefficient (Wildman–Crippen LogP) is 4.00. The van der Waals surface area contributed by atoms with Gasteiger partial charge in [-0.1, -0.05) is 23.7 Å². The number of nitrogens with one attached hydrogen (secondary N) is 1. The Hall–Kier alpha value is -1.50. The number of hydrogen-bond donors (Lipinski definition) is 2. The number of thioether (sulfide) groups is 1. The van der Waals surface area contributed by atoms with Crippen LogP contribution in [0.3, 0.4) is 0 Å². The Morgan fingerprint density at radius 2 is 1.96 bits per heavy atom. The summed E-state index contributed by atoms with van der Waals surface area (Å²) in [5.41, 5.74) is 0.780. The molecule has 1 heterocycles. The van der Waals surface area contributed by atoms with E-state index < -0.39 is 12.0 Å². The van der Waals surface area contributed by atoms with Crippen LogP contribution in [0.2, 0.25) is 4.34 Å². The van der Waals surface area contributed by atoms with Gasteiger partial charge < -0.3 is 10.4 Å². The number of halogens is 1. The van der Waals surface area contributed by atoms with E-state index in [1.165, 1.54) is 11.3 Å². The minimum Gasteiger partial charge on any atom is -0.481 e. The quantitative estimate of drug-likeness (QED) is 0.724. The molecule has 0 radical (unpaired) electrons. The summed E-state index contributed by atoms with van der Waals surface area (Å²) >= 11 is 8.80. The van der Waals surface area contributed by atoms with Crippen molar-refractivity contribution >= 4 is 46.6 Å². The fraction of sp³-hybridized carbons (Fsp3) is 0.250. The molecule has 2 rings (SSSR count). The van der Waals surface area contributed by atoms with Crippen molar-refractivity contribution in [3.05, 3.63) is 51.2 Å². The van der Waals surface area contributed by atoms with Gasteiger partial charge in [0, 0.05) is 9.77 Å². The Bertz CT molecular complexity index is 685. The average Bonchev–Trinajstić information content (AvgIpc) is 2.91. The van der Waals surface area contributed by atoms with E-state index in [4.69, 9.17) is 16.7 Å². The second-order valence-corrected chi connectivity index (χ2v) is 7.55. The molecule has 0 fully saturated rings. The molecule has 1 aromatic carbocycles.